The SMILES string of the molecule is O=C(N[C@@H](C(=O)O)[C@H]1CCCOC1)c1ccc(C2CCC2)cc1. The summed E-state index contributed by atoms with van der Waals surface area (Å²) in [6.45, 7) is 1.05. The molecule has 0 aromatic heterocycles. The third kappa shape index (κ3) is 3.72. The van der Waals surface area contributed by atoms with E-state index in [1.54, 1.807) is 12.1 Å². The second kappa shape index (κ2) is 7.13. The molecule has 1 aromatic rings. The quantitative estimate of drug-likeness (QED) is 0.875. The molecule has 1 heterocycles. The molecule has 124 valence electrons. The Morgan fingerprint density at radius 3 is 2.39 bits per heavy atom. The predicted molar refractivity (Wildman–Crippen MR) is 85.5 cm³/mol. The molecule has 0 spiro atoms. The van der Waals surface area contributed by atoms with Crippen LogP contribution in [0.2, 0.25) is 0 Å². The van der Waals surface area contributed by atoms with Gasteiger partial charge in [0, 0.05) is 18.1 Å². The number of carboxylic acid groups (broad SMARTS) is 1. The molecule has 1 saturated heterocycles. The first-order chi connectivity index (χ1) is 11.1. The van der Waals surface area contributed by atoms with Crippen molar-refractivity contribution in [1.82, 2.24) is 5.32 Å². The molecule has 1 saturated carbocycles. The maximum atomic E-state index is 12.4. The highest BCUT2D eigenvalue weighted by molar-refractivity contribution is 5.96. The fourth-order valence-corrected chi connectivity index (χ4v) is 3.28. The van der Waals surface area contributed by atoms with Gasteiger partial charge in [-0.15, -0.1) is 0 Å². The van der Waals surface area contributed by atoms with Gasteiger partial charge in [0.05, 0.1) is 6.61 Å². The van der Waals surface area contributed by atoms with E-state index in [0.29, 0.717) is 24.7 Å². The van der Waals surface area contributed by atoms with Crippen LogP contribution in [0.1, 0.15) is 53.9 Å². The second-order valence-electron chi connectivity index (χ2n) is 6.52. The maximum absolute atomic E-state index is 12.4. The first kappa shape index (κ1) is 16.0. The number of ether oxygens (including phenoxy) is 1. The van der Waals surface area contributed by atoms with Crippen LogP contribution in [0.5, 0.6) is 0 Å². The Kier molecular flexibility index (Phi) is 4.96. The molecular formula is C18H23NO4. The van der Waals surface area contributed by atoms with Crippen molar-refractivity contribution in [3.8, 4) is 0 Å². The smallest absolute Gasteiger partial charge is 0.326 e. The lowest BCUT2D eigenvalue weighted by atomic mass is 9.80. The molecule has 1 aliphatic heterocycles. The van der Waals surface area contributed by atoms with Gasteiger partial charge >= 0.3 is 5.97 Å². The minimum absolute atomic E-state index is 0.167. The molecule has 0 unspecified atom stereocenters. The van der Waals surface area contributed by atoms with E-state index in [-0.39, 0.29) is 11.8 Å². The Balaban J connectivity index is 1.64. The van der Waals surface area contributed by atoms with Crippen molar-refractivity contribution >= 4 is 11.9 Å². The molecular weight excluding hydrogens is 294 g/mol. The lowest BCUT2D eigenvalue weighted by molar-refractivity contribution is -0.142. The molecule has 0 bridgehead atoms. The summed E-state index contributed by atoms with van der Waals surface area (Å²) < 4.78 is 5.35. The summed E-state index contributed by atoms with van der Waals surface area (Å²) in [6.07, 6.45) is 5.30. The van der Waals surface area contributed by atoms with Crippen LogP contribution in [-0.4, -0.2) is 36.2 Å². The van der Waals surface area contributed by atoms with Crippen LogP contribution in [-0.2, 0) is 9.53 Å². The number of aliphatic carboxylic acids is 1. The van der Waals surface area contributed by atoms with Gasteiger partial charge in [0.2, 0.25) is 0 Å². The summed E-state index contributed by atoms with van der Waals surface area (Å²) in [5.41, 5.74) is 1.78. The molecule has 2 fully saturated rings. The van der Waals surface area contributed by atoms with E-state index >= 15 is 0 Å². The van der Waals surface area contributed by atoms with Gasteiger partial charge < -0.3 is 15.2 Å². The third-order valence-electron chi connectivity index (χ3n) is 4.97. The number of hydrogen-bond donors (Lipinski definition) is 2. The summed E-state index contributed by atoms with van der Waals surface area (Å²) in [5, 5.41) is 12.1. The van der Waals surface area contributed by atoms with Crippen molar-refractivity contribution < 1.29 is 19.4 Å². The fraction of sp³-hybridized carbons (Fsp3) is 0.556. The molecule has 1 amide bonds. The van der Waals surface area contributed by atoms with Crippen molar-refractivity contribution in [2.24, 2.45) is 5.92 Å². The zero-order valence-electron chi connectivity index (χ0n) is 13.2. The van der Waals surface area contributed by atoms with Gasteiger partial charge in [-0.1, -0.05) is 18.6 Å². The molecule has 1 aliphatic carbocycles. The number of hydrogen-bond acceptors (Lipinski definition) is 3. The molecule has 5 heteroatoms. The number of carbonyl (C=O) groups is 2. The van der Waals surface area contributed by atoms with Crippen molar-refractivity contribution in [2.45, 2.75) is 44.1 Å². The van der Waals surface area contributed by atoms with Crippen LogP contribution < -0.4 is 5.32 Å². The van der Waals surface area contributed by atoms with Crippen LogP contribution in [0.15, 0.2) is 24.3 Å². The van der Waals surface area contributed by atoms with Gasteiger partial charge in [-0.05, 0) is 49.3 Å². The number of amides is 1. The topological polar surface area (TPSA) is 75.6 Å². The average molecular weight is 317 g/mol. The van der Waals surface area contributed by atoms with Gasteiger partial charge in [0.15, 0.2) is 0 Å². The van der Waals surface area contributed by atoms with Crippen molar-refractivity contribution in [1.29, 1.82) is 0 Å². The van der Waals surface area contributed by atoms with Gasteiger partial charge in [-0.2, -0.15) is 0 Å². The van der Waals surface area contributed by atoms with E-state index in [4.69, 9.17) is 4.74 Å². The molecule has 23 heavy (non-hydrogen) atoms. The van der Waals surface area contributed by atoms with Crippen molar-refractivity contribution in [3.05, 3.63) is 35.4 Å². The number of rotatable bonds is 5. The van der Waals surface area contributed by atoms with E-state index < -0.39 is 12.0 Å². The normalized spacial score (nSPS) is 22.9. The third-order valence-corrected chi connectivity index (χ3v) is 4.97. The van der Waals surface area contributed by atoms with E-state index in [0.717, 1.165) is 12.8 Å². The van der Waals surface area contributed by atoms with E-state index in [1.807, 2.05) is 12.1 Å². The highest BCUT2D eigenvalue weighted by Crippen LogP contribution is 2.36. The van der Waals surface area contributed by atoms with E-state index in [2.05, 4.69) is 5.32 Å². The monoisotopic (exact) mass is 317 g/mol. The standard InChI is InChI=1S/C18H23NO4/c20-17(14-8-6-13(7-9-14)12-3-1-4-12)19-16(18(21)22)15-5-2-10-23-11-15/h6-9,12,15-16H,1-5,10-11H2,(H,19,20)(H,21,22)/t15-,16+/m0/s1. The highest BCUT2D eigenvalue weighted by Gasteiger charge is 2.31. The van der Waals surface area contributed by atoms with E-state index in [1.165, 1.54) is 24.8 Å². The molecule has 1 aromatic carbocycles. The average Bonchev–Trinajstić information content (AvgIpc) is 2.52. The predicted octanol–water partition coefficient (Wildman–Crippen LogP) is 2.56. The number of benzene rings is 1. The first-order valence-corrected chi connectivity index (χ1v) is 8.36. The minimum atomic E-state index is -1.00. The Hall–Kier alpha value is -1.88. The summed E-state index contributed by atoms with van der Waals surface area (Å²) in [7, 11) is 0. The number of carbonyl (C=O) groups excluding carboxylic acids is 1. The second-order valence-corrected chi connectivity index (χ2v) is 6.52. The molecule has 2 atom stereocenters. The summed E-state index contributed by atoms with van der Waals surface area (Å²) in [5.74, 6) is -0.874. The minimum Gasteiger partial charge on any atom is -0.480 e. The summed E-state index contributed by atoms with van der Waals surface area (Å²) in [4.78, 5) is 23.8. The number of carboxylic acids is 1. The van der Waals surface area contributed by atoms with Crippen molar-refractivity contribution in [3.63, 3.8) is 0 Å². The van der Waals surface area contributed by atoms with Crippen LogP contribution in [0.3, 0.4) is 0 Å². The summed E-state index contributed by atoms with van der Waals surface area (Å²) in [6, 6.07) is 6.66. The Bertz CT molecular complexity index is 559. The molecule has 0 radical (unpaired) electrons. The Morgan fingerprint density at radius 1 is 1.13 bits per heavy atom. The van der Waals surface area contributed by atoms with Crippen molar-refractivity contribution in [2.75, 3.05) is 13.2 Å². The highest BCUT2D eigenvalue weighted by atomic mass is 16.5. The van der Waals surface area contributed by atoms with Crippen LogP contribution >= 0.6 is 0 Å². The summed E-state index contributed by atoms with van der Waals surface area (Å²) >= 11 is 0. The zero-order valence-corrected chi connectivity index (χ0v) is 13.2. The maximum Gasteiger partial charge on any atom is 0.326 e. The Morgan fingerprint density at radius 2 is 1.87 bits per heavy atom. The largest absolute Gasteiger partial charge is 0.480 e. The molecule has 2 N–H and O–H groups in total. The lowest BCUT2D eigenvalue weighted by Crippen LogP contribution is -2.48. The first-order valence-electron chi connectivity index (χ1n) is 8.36. The van der Waals surface area contributed by atoms with E-state index in [9.17, 15) is 14.7 Å². The zero-order chi connectivity index (χ0) is 16.2. The van der Waals surface area contributed by atoms with Gasteiger partial charge in [-0.25, -0.2) is 4.79 Å². The van der Waals surface area contributed by atoms with Gasteiger partial charge in [0.25, 0.3) is 5.91 Å². The van der Waals surface area contributed by atoms with Gasteiger partial charge in [-0.3, -0.25) is 4.79 Å². The van der Waals surface area contributed by atoms with Crippen LogP contribution in [0.25, 0.3) is 0 Å². The van der Waals surface area contributed by atoms with Crippen LogP contribution in [0.4, 0.5) is 0 Å². The Labute approximate surface area is 136 Å². The fourth-order valence-electron chi connectivity index (χ4n) is 3.28. The molecule has 3 rings (SSSR count). The number of nitrogens with one attached hydrogen (secondary N) is 1. The molecule has 2 aliphatic rings. The van der Waals surface area contributed by atoms with Gasteiger partial charge in [0.1, 0.15) is 6.04 Å². The van der Waals surface area contributed by atoms with Crippen LogP contribution in [0, 0.1) is 5.92 Å². The molecule has 5 nitrogen and oxygen atoms in total. The lowest BCUT2D eigenvalue weighted by Gasteiger charge is -2.28.